The lowest BCUT2D eigenvalue weighted by atomic mass is 9.95. The van der Waals surface area contributed by atoms with Gasteiger partial charge in [-0.1, -0.05) is 25.6 Å². The van der Waals surface area contributed by atoms with E-state index in [1.807, 2.05) is 18.7 Å². The minimum Gasteiger partial charge on any atom is -0.361 e. The molecule has 0 radical (unpaired) electrons. The summed E-state index contributed by atoms with van der Waals surface area (Å²) in [5.74, 6) is 0.139. The van der Waals surface area contributed by atoms with Crippen molar-refractivity contribution in [2.24, 2.45) is 7.05 Å². The Morgan fingerprint density at radius 3 is 2.41 bits per heavy atom. The van der Waals surface area contributed by atoms with Gasteiger partial charge in [-0.3, -0.25) is 14.5 Å². The summed E-state index contributed by atoms with van der Waals surface area (Å²) < 4.78 is 55.1. The average Bonchev–Trinajstić information content (AvgIpc) is 2.96. The van der Waals surface area contributed by atoms with E-state index in [1.54, 1.807) is 31.3 Å². The minimum atomic E-state index is -4.52. The van der Waals surface area contributed by atoms with Crippen molar-refractivity contribution < 1.29 is 17.6 Å². The summed E-state index contributed by atoms with van der Waals surface area (Å²) in [5, 5.41) is 0. The predicted octanol–water partition coefficient (Wildman–Crippen LogP) is 5.51. The zero-order valence-corrected chi connectivity index (χ0v) is 22.6. The number of aryl methyl sites for hydroxylation is 1. The smallest absolute Gasteiger partial charge is 0.361 e. The van der Waals surface area contributed by atoms with Gasteiger partial charge in [-0.25, -0.2) is 9.18 Å². The van der Waals surface area contributed by atoms with E-state index in [1.165, 1.54) is 22.8 Å². The van der Waals surface area contributed by atoms with Gasteiger partial charge < -0.3 is 9.74 Å². The highest BCUT2D eigenvalue weighted by Crippen LogP contribution is 2.37. The van der Waals surface area contributed by atoms with Crippen LogP contribution in [0.2, 0.25) is 0 Å². The second kappa shape index (κ2) is 10.9. The molecule has 212 valence electrons. The van der Waals surface area contributed by atoms with E-state index in [4.69, 9.17) is 6.57 Å². The number of hydrogen-bond acceptors (Lipinski definition) is 6. The molecule has 8 nitrogen and oxygen atoms in total. The van der Waals surface area contributed by atoms with Crippen molar-refractivity contribution in [3.8, 4) is 0 Å². The van der Waals surface area contributed by atoms with Gasteiger partial charge in [0.1, 0.15) is 5.82 Å². The average molecular weight is 566 g/mol. The van der Waals surface area contributed by atoms with E-state index in [2.05, 4.69) is 24.7 Å². The zero-order chi connectivity index (χ0) is 29.5. The van der Waals surface area contributed by atoms with Crippen molar-refractivity contribution >= 4 is 22.7 Å². The van der Waals surface area contributed by atoms with Crippen molar-refractivity contribution in [3.63, 3.8) is 0 Å². The van der Waals surface area contributed by atoms with Crippen LogP contribution in [0.3, 0.4) is 0 Å². The maximum absolute atomic E-state index is 13.8. The number of aromatic nitrogens is 4. The molecule has 1 aliphatic rings. The van der Waals surface area contributed by atoms with Crippen molar-refractivity contribution in [1.82, 2.24) is 24.4 Å². The fourth-order valence-electron chi connectivity index (χ4n) is 5.41. The van der Waals surface area contributed by atoms with Crippen LogP contribution >= 0.6 is 0 Å². The number of rotatable bonds is 5. The molecular formula is C29H27F4N7O. The SMILES string of the molecule is [C-]#[N+]c1ccc2c(n1)c(N1CC(CC)N(C(c3ccc(F)cc3)c3ccc(C(F)(F)F)cn3)CC1C)nc(=O)n2C. The summed E-state index contributed by atoms with van der Waals surface area (Å²) in [7, 11) is 1.60. The van der Waals surface area contributed by atoms with Crippen LogP contribution in [0.25, 0.3) is 15.9 Å². The highest BCUT2D eigenvalue weighted by atomic mass is 19.4. The van der Waals surface area contributed by atoms with Gasteiger partial charge in [0.2, 0.25) is 5.52 Å². The molecule has 41 heavy (non-hydrogen) atoms. The lowest BCUT2D eigenvalue weighted by molar-refractivity contribution is -0.137. The van der Waals surface area contributed by atoms with Gasteiger partial charge in [0.05, 0.1) is 22.8 Å². The first kappa shape index (κ1) is 28.2. The first-order valence-electron chi connectivity index (χ1n) is 13.1. The minimum absolute atomic E-state index is 0.143. The first-order chi connectivity index (χ1) is 19.5. The fourth-order valence-corrected chi connectivity index (χ4v) is 5.41. The van der Waals surface area contributed by atoms with Crippen molar-refractivity contribution in [2.75, 3.05) is 18.0 Å². The maximum Gasteiger partial charge on any atom is 0.417 e. The molecule has 3 unspecified atom stereocenters. The van der Waals surface area contributed by atoms with Crippen molar-refractivity contribution in [3.05, 3.63) is 99.3 Å². The van der Waals surface area contributed by atoms with Crippen LogP contribution < -0.4 is 10.6 Å². The Bertz CT molecular complexity index is 1660. The van der Waals surface area contributed by atoms with Crippen LogP contribution in [0.5, 0.6) is 0 Å². The van der Waals surface area contributed by atoms with Crippen LogP contribution in [0.15, 0.2) is 59.5 Å². The number of halogens is 4. The molecule has 0 bridgehead atoms. The van der Waals surface area contributed by atoms with Gasteiger partial charge in [-0.15, -0.1) is 4.98 Å². The monoisotopic (exact) mass is 565 g/mol. The highest BCUT2D eigenvalue weighted by molar-refractivity contribution is 5.87. The molecule has 0 spiro atoms. The van der Waals surface area contributed by atoms with Crippen LogP contribution in [0.1, 0.15) is 43.1 Å². The molecule has 3 atom stereocenters. The number of hydrogen-bond donors (Lipinski definition) is 0. The summed E-state index contributed by atoms with van der Waals surface area (Å²) in [6.07, 6.45) is -3.04. The van der Waals surface area contributed by atoms with Crippen molar-refractivity contribution in [1.29, 1.82) is 0 Å². The van der Waals surface area contributed by atoms with Crippen LogP contribution in [0.4, 0.5) is 29.2 Å². The number of benzene rings is 1. The largest absolute Gasteiger partial charge is 0.417 e. The third kappa shape index (κ3) is 5.37. The Kier molecular flexibility index (Phi) is 7.48. The van der Waals surface area contributed by atoms with Gasteiger partial charge in [0.25, 0.3) is 5.82 Å². The van der Waals surface area contributed by atoms with Crippen LogP contribution in [-0.2, 0) is 13.2 Å². The lowest BCUT2D eigenvalue weighted by Gasteiger charge is -2.48. The summed E-state index contributed by atoms with van der Waals surface area (Å²) in [6.45, 7) is 12.2. The fraction of sp³-hybridized carbons (Fsp3) is 0.345. The highest BCUT2D eigenvalue weighted by Gasteiger charge is 2.39. The molecule has 5 rings (SSSR count). The quantitative estimate of drug-likeness (QED) is 0.235. The van der Waals surface area contributed by atoms with Crippen LogP contribution in [0, 0.1) is 12.4 Å². The summed E-state index contributed by atoms with van der Waals surface area (Å²) in [6, 6.07) is 10.6. The van der Waals surface area contributed by atoms with E-state index < -0.39 is 29.3 Å². The molecule has 0 saturated carbocycles. The maximum atomic E-state index is 13.8. The molecule has 0 N–H and O–H groups in total. The van der Waals surface area contributed by atoms with E-state index in [0.29, 0.717) is 47.6 Å². The number of pyridine rings is 2. The lowest BCUT2D eigenvalue weighted by Crippen LogP contribution is -2.58. The summed E-state index contributed by atoms with van der Waals surface area (Å²) in [5.41, 5.74) is 0.788. The van der Waals surface area contributed by atoms with E-state index >= 15 is 0 Å². The molecule has 1 saturated heterocycles. The second-order valence-electron chi connectivity index (χ2n) is 10.1. The molecule has 1 aromatic carbocycles. The van der Waals surface area contributed by atoms with Gasteiger partial charge in [0, 0.05) is 38.4 Å². The molecule has 12 heteroatoms. The number of piperazine rings is 1. The first-order valence-corrected chi connectivity index (χ1v) is 13.1. The Labute approximate surface area is 233 Å². The molecule has 4 heterocycles. The molecule has 3 aromatic heterocycles. The number of alkyl halides is 3. The second-order valence-corrected chi connectivity index (χ2v) is 10.1. The number of nitrogens with zero attached hydrogens (tertiary/aromatic N) is 7. The Balaban J connectivity index is 1.57. The normalized spacial score (nSPS) is 18.8. The third-order valence-electron chi connectivity index (χ3n) is 7.57. The number of fused-ring (bicyclic) bond motifs is 1. The van der Waals surface area contributed by atoms with E-state index in [9.17, 15) is 22.4 Å². The Hall–Kier alpha value is -4.37. The predicted molar refractivity (Wildman–Crippen MR) is 146 cm³/mol. The van der Waals surface area contributed by atoms with Gasteiger partial charge in [-0.2, -0.15) is 18.2 Å². The summed E-state index contributed by atoms with van der Waals surface area (Å²) >= 11 is 0. The molecular weight excluding hydrogens is 538 g/mol. The Morgan fingerprint density at radius 2 is 1.80 bits per heavy atom. The zero-order valence-electron chi connectivity index (χ0n) is 22.6. The molecule has 1 aliphatic heterocycles. The van der Waals surface area contributed by atoms with Gasteiger partial charge in [-0.05, 0) is 55.3 Å². The van der Waals surface area contributed by atoms with Crippen LogP contribution in [-0.4, -0.2) is 49.6 Å². The van der Waals surface area contributed by atoms with Crippen molar-refractivity contribution in [2.45, 2.75) is 44.6 Å². The van der Waals surface area contributed by atoms with E-state index in [0.717, 1.165) is 12.3 Å². The topological polar surface area (TPSA) is 71.5 Å². The van der Waals surface area contributed by atoms with E-state index in [-0.39, 0.29) is 17.9 Å². The molecule has 4 aromatic rings. The number of anilines is 1. The Morgan fingerprint density at radius 1 is 1.07 bits per heavy atom. The molecule has 0 aliphatic carbocycles. The molecule has 1 fully saturated rings. The van der Waals surface area contributed by atoms with Gasteiger partial charge >= 0.3 is 11.9 Å². The summed E-state index contributed by atoms with van der Waals surface area (Å²) in [4.78, 5) is 33.4. The third-order valence-corrected chi connectivity index (χ3v) is 7.57. The van der Waals surface area contributed by atoms with Gasteiger partial charge in [0.15, 0.2) is 5.82 Å². The molecule has 0 amide bonds. The standard InChI is InChI=1S/C29H27F4N7O/c1-5-21-16-39(27-25-23(38(4)28(41)37-27)12-13-24(34-3)36-25)17(2)15-40(21)26(18-6-9-20(30)10-7-18)22-11-8-19(14-35-22)29(31,32)33/h6-14,17,21,26H,5,15-16H2,1-2,4H3.